The minimum Gasteiger partial charge on any atom is -0.310 e. The van der Waals surface area contributed by atoms with Gasteiger partial charge in [-0.2, -0.15) is 5.10 Å². The highest BCUT2D eigenvalue weighted by molar-refractivity contribution is 5.69. The lowest BCUT2D eigenvalue weighted by molar-refractivity contribution is 0.587. The zero-order valence-corrected chi connectivity index (χ0v) is 12.6. The summed E-state index contributed by atoms with van der Waals surface area (Å²) >= 11 is 0. The van der Waals surface area contributed by atoms with E-state index in [0.29, 0.717) is 6.04 Å². The van der Waals surface area contributed by atoms with E-state index in [2.05, 4.69) is 24.3 Å². The van der Waals surface area contributed by atoms with Crippen LogP contribution in [-0.4, -0.2) is 15.8 Å². The molecule has 0 bridgehead atoms. The topological polar surface area (TPSA) is 29.9 Å². The molecule has 0 spiro atoms. The molecule has 1 heterocycles. The van der Waals surface area contributed by atoms with Crippen LogP contribution < -0.4 is 5.32 Å². The molecule has 0 aliphatic heterocycles. The van der Waals surface area contributed by atoms with E-state index in [9.17, 15) is 4.39 Å². The largest absolute Gasteiger partial charge is 0.310 e. The second-order valence-corrected chi connectivity index (χ2v) is 5.32. The molecule has 3 nitrogen and oxygen atoms in total. The van der Waals surface area contributed by atoms with Gasteiger partial charge in [0, 0.05) is 30.9 Å². The quantitative estimate of drug-likeness (QED) is 0.905. The van der Waals surface area contributed by atoms with Crippen LogP contribution in [0.4, 0.5) is 4.39 Å². The molecule has 0 saturated heterocycles. The molecule has 0 aliphatic rings. The maximum absolute atomic E-state index is 13.6. The number of hydrogen-bond donors (Lipinski definition) is 1. The van der Waals surface area contributed by atoms with Crippen LogP contribution in [0.2, 0.25) is 0 Å². The summed E-state index contributed by atoms with van der Waals surface area (Å²) in [6.07, 6.45) is 1.99. The van der Waals surface area contributed by atoms with Crippen molar-refractivity contribution >= 4 is 0 Å². The first kappa shape index (κ1) is 14.7. The molecule has 1 aromatic heterocycles. The second-order valence-electron chi connectivity index (χ2n) is 5.32. The Labute approximate surface area is 119 Å². The van der Waals surface area contributed by atoms with Crippen molar-refractivity contribution in [2.24, 2.45) is 0 Å². The normalized spacial score (nSPS) is 11.3. The van der Waals surface area contributed by atoms with Crippen LogP contribution in [0.3, 0.4) is 0 Å². The number of hydrogen-bond acceptors (Lipinski definition) is 2. The van der Waals surface area contributed by atoms with Gasteiger partial charge in [-0.15, -0.1) is 0 Å². The summed E-state index contributed by atoms with van der Waals surface area (Å²) in [6.45, 7) is 9.75. The van der Waals surface area contributed by atoms with E-state index in [1.54, 1.807) is 6.07 Å². The zero-order chi connectivity index (χ0) is 14.7. The zero-order valence-electron chi connectivity index (χ0n) is 12.6. The maximum Gasteiger partial charge on any atom is 0.123 e. The van der Waals surface area contributed by atoms with Crippen LogP contribution in [0, 0.1) is 12.7 Å². The van der Waals surface area contributed by atoms with Crippen LogP contribution in [0.25, 0.3) is 11.1 Å². The highest BCUT2D eigenvalue weighted by Gasteiger charge is 2.12. The standard InChI is InChI=1S/C16H22FN3/c1-5-20-10-16(12(4)19-20)15-8-14(17)7-6-13(15)9-18-11(2)3/h6-8,10-11,18H,5,9H2,1-4H3. The third-order valence-electron chi connectivity index (χ3n) is 3.33. The van der Waals surface area contributed by atoms with Gasteiger partial charge in [-0.05, 0) is 37.1 Å². The predicted octanol–water partition coefficient (Wildman–Crippen LogP) is 3.52. The molecule has 1 aromatic carbocycles. The van der Waals surface area contributed by atoms with Gasteiger partial charge in [-0.3, -0.25) is 4.68 Å². The summed E-state index contributed by atoms with van der Waals surface area (Å²) in [5.74, 6) is -0.211. The van der Waals surface area contributed by atoms with Crippen molar-refractivity contribution in [2.45, 2.75) is 46.8 Å². The Morgan fingerprint density at radius 1 is 1.30 bits per heavy atom. The lowest BCUT2D eigenvalue weighted by Crippen LogP contribution is -2.22. The third-order valence-corrected chi connectivity index (χ3v) is 3.33. The Bertz CT molecular complexity index is 587. The van der Waals surface area contributed by atoms with Crippen LogP contribution in [0.5, 0.6) is 0 Å². The first-order chi connectivity index (χ1) is 9.51. The number of nitrogens with one attached hydrogen (secondary N) is 1. The lowest BCUT2D eigenvalue weighted by Gasteiger charge is -2.12. The van der Waals surface area contributed by atoms with Gasteiger partial charge in [0.15, 0.2) is 0 Å². The summed E-state index contributed by atoms with van der Waals surface area (Å²) in [6, 6.07) is 5.36. The van der Waals surface area contributed by atoms with Gasteiger partial charge in [-0.1, -0.05) is 19.9 Å². The molecule has 0 unspecified atom stereocenters. The Balaban J connectivity index is 2.42. The summed E-state index contributed by atoms with van der Waals surface area (Å²) < 4.78 is 15.5. The Morgan fingerprint density at radius 2 is 2.05 bits per heavy atom. The molecule has 0 radical (unpaired) electrons. The fraction of sp³-hybridized carbons (Fsp3) is 0.438. The highest BCUT2D eigenvalue weighted by atomic mass is 19.1. The van der Waals surface area contributed by atoms with Gasteiger partial charge in [0.05, 0.1) is 5.69 Å². The molecule has 2 aromatic rings. The smallest absolute Gasteiger partial charge is 0.123 e. The Morgan fingerprint density at radius 3 is 2.65 bits per heavy atom. The van der Waals surface area contributed by atoms with Gasteiger partial charge >= 0.3 is 0 Å². The third kappa shape index (κ3) is 3.25. The molecule has 0 amide bonds. The lowest BCUT2D eigenvalue weighted by atomic mass is 10.00. The fourth-order valence-electron chi connectivity index (χ4n) is 2.21. The summed E-state index contributed by atoms with van der Waals surface area (Å²) in [4.78, 5) is 0. The van der Waals surface area contributed by atoms with Gasteiger partial charge in [-0.25, -0.2) is 4.39 Å². The van der Waals surface area contributed by atoms with E-state index in [0.717, 1.165) is 35.5 Å². The van der Waals surface area contributed by atoms with Gasteiger partial charge in [0.2, 0.25) is 0 Å². The minimum atomic E-state index is -0.211. The maximum atomic E-state index is 13.6. The van der Waals surface area contributed by atoms with E-state index in [-0.39, 0.29) is 5.82 Å². The van der Waals surface area contributed by atoms with Crippen molar-refractivity contribution in [3.8, 4) is 11.1 Å². The molecule has 0 atom stereocenters. The SMILES string of the molecule is CCn1cc(-c2cc(F)ccc2CNC(C)C)c(C)n1. The van der Waals surface area contributed by atoms with E-state index in [1.165, 1.54) is 6.07 Å². The highest BCUT2D eigenvalue weighted by Crippen LogP contribution is 2.27. The van der Waals surface area contributed by atoms with Crippen LogP contribution >= 0.6 is 0 Å². The van der Waals surface area contributed by atoms with Crippen molar-refractivity contribution in [1.82, 2.24) is 15.1 Å². The van der Waals surface area contributed by atoms with Crippen LogP contribution in [0.15, 0.2) is 24.4 Å². The number of rotatable bonds is 5. The predicted molar refractivity (Wildman–Crippen MR) is 80.0 cm³/mol. The number of benzene rings is 1. The van der Waals surface area contributed by atoms with Gasteiger partial charge < -0.3 is 5.32 Å². The average Bonchev–Trinajstić information content (AvgIpc) is 2.78. The monoisotopic (exact) mass is 275 g/mol. The number of nitrogens with zero attached hydrogens (tertiary/aromatic N) is 2. The summed E-state index contributed by atoms with van der Waals surface area (Å²) in [5.41, 5.74) is 3.96. The van der Waals surface area contributed by atoms with E-state index in [1.807, 2.05) is 30.8 Å². The fourth-order valence-corrected chi connectivity index (χ4v) is 2.21. The van der Waals surface area contributed by atoms with E-state index < -0.39 is 0 Å². The van der Waals surface area contributed by atoms with Crippen LogP contribution in [-0.2, 0) is 13.1 Å². The molecule has 4 heteroatoms. The minimum absolute atomic E-state index is 0.211. The van der Waals surface area contributed by atoms with Crippen molar-refractivity contribution in [3.63, 3.8) is 0 Å². The molecule has 2 rings (SSSR count). The molecular weight excluding hydrogens is 253 g/mol. The molecule has 1 N–H and O–H groups in total. The molecular formula is C16H22FN3. The molecule has 0 aliphatic carbocycles. The number of halogens is 1. The van der Waals surface area contributed by atoms with Crippen molar-refractivity contribution in [2.75, 3.05) is 0 Å². The first-order valence-corrected chi connectivity index (χ1v) is 7.07. The molecule has 20 heavy (non-hydrogen) atoms. The molecule has 0 fully saturated rings. The van der Waals surface area contributed by atoms with Gasteiger partial charge in [0.1, 0.15) is 5.82 Å². The van der Waals surface area contributed by atoms with Crippen molar-refractivity contribution < 1.29 is 4.39 Å². The van der Waals surface area contributed by atoms with Crippen molar-refractivity contribution in [1.29, 1.82) is 0 Å². The number of aryl methyl sites for hydroxylation is 2. The molecule has 0 saturated carbocycles. The van der Waals surface area contributed by atoms with Gasteiger partial charge in [0.25, 0.3) is 0 Å². The first-order valence-electron chi connectivity index (χ1n) is 7.07. The average molecular weight is 275 g/mol. The van der Waals surface area contributed by atoms with Crippen molar-refractivity contribution in [3.05, 3.63) is 41.5 Å². The van der Waals surface area contributed by atoms with E-state index in [4.69, 9.17) is 0 Å². The molecule has 108 valence electrons. The van der Waals surface area contributed by atoms with E-state index >= 15 is 0 Å². The Hall–Kier alpha value is -1.68. The van der Waals surface area contributed by atoms with Crippen LogP contribution in [0.1, 0.15) is 32.0 Å². The number of aromatic nitrogens is 2. The Kier molecular flexibility index (Phi) is 4.55. The second kappa shape index (κ2) is 6.18. The summed E-state index contributed by atoms with van der Waals surface area (Å²) in [7, 11) is 0. The summed E-state index contributed by atoms with van der Waals surface area (Å²) in [5, 5.41) is 7.83.